The minimum atomic E-state index is -3.43. The Morgan fingerprint density at radius 3 is 2.81 bits per heavy atom. The van der Waals surface area contributed by atoms with Gasteiger partial charge < -0.3 is 10.1 Å². The summed E-state index contributed by atoms with van der Waals surface area (Å²) in [6, 6.07) is 7.18. The summed E-state index contributed by atoms with van der Waals surface area (Å²) >= 11 is 0. The molecule has 1 aromatic rings. The van der Waals surface area contributed by atoms with Gasteiger partial charge in [0.05, 0.1) is 18.1 Å². The van der Waals surface area contributed by atoms with Crippen molar-refractivity contribution in [2.45, 2.75) is 17.9 Å². The Bertz CT molecular complexity index is 580. The van der Waals surface area contributed by atoms with Crippen LogP contribution in [-0.2, 0) is 14.8 Å². The molecule has 0 aliphatic carbocycles. The largest absolute Gasteiger partial charge is 0.379 e. The van der Waals surface area contributed by atoms with E-state index in [1.807, 2.05) is 13.0 Å². The molecule has 6 heteroatoms. The monoisotopic (exact) mass is 310 g/mol. The second-order valence-corrected chi connectivity index (χ2v) is 6.95. The average Bonchev–Trinajstić information content (AvgIpc) is 2.53. The molecule has 0 aromatic heterocycles. The van der Waals surface area contributed by atoms with E-state index in [0.717, 1.165) is 5.56 Å². The molecule has 1 N–H and O–H groups in total. The van der Waals surface area contributed by atoms with Gasteiger partial charge in [0, 0.05) is 25.7 Å². The Hall–Kier alpha value is -1.21. The van der Waals surface area contributed by atoms with Crippen LogP contribution in [0.4, 0.5) is 0 Å². The van der Waals surface area contributed by atoms with Gasteiger partial charge in [-0.15, -0.1) is 6.58 Å². The lowest BCUT2D eigenvalue weighted by Crippen LogP contribution is -2.40. The van der Waals surface area contributed by atoms with E-state index in [4.69, 9.17) is 4.74 Å². The molecule has 0 bridgehead atoms. The number of hydrogen-bond donors (Lipinski definition) is 1. The highest BCUT2D eigenvalue weighted by Crippen LogP contribution is 2.21. The zero-order valence-electron chi connectivity index (χ0n) is 12.3. The molecule has 116 valence electrons. The smallest absolute Gasteiger partial charge is 0.243 e. The Morgan fingerprint density at radius 2 is 2.14 bits per heavy atom. The second kappa shape index (κ2) is 7.17. The van der Waals surface area contributed by atoms with Crippen LogP contribution >= 0.6 is 0 Å². The maximum Gasteiger partial charge on any atom is 0.243 e. The molecule has 1 atom stereocenters. The molecule has 5 nitrogen and oxygen atoms in total. The molecule has 1 aromatic carbocycles. The van der Waals surface area contributed by atoms with Gasteiger partial charge in [-0.05, 0) is 24.6 Å². The Morgan fingerprint density at radius 1 is 1.43 bits per heavy atom. The van der Waals surface area contributed by atoms with Gasteiger partial charge in [0.15, 0.2) is 0 Å². The Kier molecular flexibility index (Phi) is 5.52. The zero-order valence-corrected chi connectivity index (χ0v) is 13.1. The van der Waals surface area contributed by atoms with E-state index in [1.54, 1.807) is 24.3 Å². The van der Waals surface area contributed by atoms with Crippen molar-refractivity contribution < 1.29 is 13.2 Å². The summed E-state index contributed by atoms with van der Waals surface area (Å²) in [5, 5.41) is 3.26. The summed E-state index contributed by atoms with van der Waals surface area (Å²) in [5.74, 6) is 0. The van der Waals surface area contributed by atoms with Crippen molar-refractivity contribution in [1.29, 1.82) is 0 Å². The Balaban J connectivity index is 2.21. The van der Waals surface area contributed by atoms with Crippen molar-refractivity contribution in [2.75, 3.05) is 32.8 Å². The molecule has 1 unspecified atom stereocenters. The molecule has 1 aliphatic heterocycles. The SMILES string of the molecule is C=CCNC(C)c1cccc(S(=O)(=O)N2CCOCC2)c1. The van der Waals surface area contributed by atoms with Crippen LogP contribution in [0.15, 0.2) is 41.8 Å². The van der Waals surface area contributed by atoms with Gasteiger partial charge in [-0.3, -0.25) is 0 Å². The van der Waals surface area contributed by atoms with Crippen molar-refractivity contribution in [3.8, 4) is 0 Å². The normalized spacial score (nSPS) is 18.3. The quantitative estimate of drug-likeness (QED) is 0.810. The molecule has 1 aliphatic rings. The minimum Gasteiger partial charge on any atom is -0.379 e. The number of rotatable bonds is 6. The van der Waals surface area contributed by atoms with Gasteiger partial charge in [0.2, 0.25) is 10.0 Å². The molecular weight excluding hydrogens is 288 g/mol. The second-order valence-electron chi connectivity index (χ2n) is 5.01. The van der Waals surface area contributed by atoms with E-state index in [9.17, 15) is 8.42 Å². The van der Waals surface area contributed by atoms with E-state index in [1.165, 1.54) is 4.31 Å². The molecule has 0 amide bonds. The number of benzene rings is 1. The van der Waals surface area contributed by atoms with Crippen LogP contribution in [-0.4, -0.2) is 45.6 Å². The number of ether oxygens (including phenoxy) is 1. The van der Waals surface area contributed by atoms with Gasteiger partial charge in [-0.25, -0.2) is 8.42 Å². The topological polar surface area (TPSA) is 58.6 Å². The molecule has 1 fully saturated rings. The molecule has 0 saturated carbocycles. The molecule has 1 heterocycles. The third-order valence-electron chi connectivity index (χ3n) is 3.53. The molecular formula is C15H22N2O3S. The third kappa shape index (κ3) is 3.91. The number of morpholine rings is 1. The highest BCUT2D eigenvalue weighted by atomic mass is 32.2. The van der Waals surface area contributed by atoms with Gasteiger partial charge in [-0.1, -0.05) is 18.2 Å². The van der Waals surface area contributed by atoms with E-state index in [-0.39, 0.29) is 6.04 Å². The van der Waals surface area contributed by atoms with E-state index >= 15 is 0 Å². The maximum atomic E-state index is 12.6. The van der Waals surface area contributed by atoms with Crippen LogP contribution in [0, 0.1) is 0 Å². The highest BCUT2D eigenvalue weighted by molar-refractivity contribution is 7.89. The first-order chi connectivity index (χ1) is 10.1. The number of nitrogens with one attached hydrogen (secondary N) is 1. The predicted molar refractivity (Wildman–Crippen MR) is 82.6 cm³/mol. The molecule has 21 heavy (non-hydrogen) atoms. The summed E-state index contributed by atoms with van der Waals surface area (Å²) in [5.41, 5.74) is 0.950. The zero-order chi connectivity index (χ0) is 15.3. The predicted octanol–water partition coefficient (Wildman–Crippen LogP) is 1.54. The third-order valence-corrected chi connectivity index (χ3v) is 5.43. The van der Waals surface area contributed by atoms with Crippen LogP contribution in [0.1, 0.15) is 18.5 Å². The summed E-state index contributed by atoms with van der Waals surface area (Å²) in [6.45, 7) is 8.09. The lowest BCUT2D eigenvalue weighted by molar-refractivity contribution is 0.0730. The summed E-state index contributed by atoms with van der Waals surface area (Å²) in [6.07, 6.45) is 1.78. The fourth-order valence-corrected chi connectivity index (χ4v) is 3.72. The standard InChI is InChI=1S/C15H22N2O3S/c1-3-7-16-13(2)14-5-4-6-15(12-14)21(18,19)17-8-10-20-11-9-17/h3-6,12-13,16H,1,7-11H2,2H3. The van der Waals surface area contributed by atoms with Crippen LogP contribution in [0.3, 0.4) is 0 Å². The van der Waals surface area contributed by atoms with E-state index < -0.39 is 10.0 Å². The fourth-order valence-electron chi connectivity index (χ4n) is 2.26. The van der Waals surface area contributed by atoms with Gasteiger partial charge in [0.25, 0.3) is 0 Å². The van der Waals surface area contributed by atoms with Crippen molar-refractivity contribution >= 4 is 10.0 Å². The van der Waals surface area contributed by atoms with Gasteiger partial charge >= 0.3 is 0 Å². The molecule has 0 radical (unpaired) electrons. The van der Waals surface area contributed by atoms with E-state index in [0.29, 0.717) is 37.7 Å². The molecule has 1 saturated heterocycles. The summed E-state index contributed by atoms with van der Waals surface area (Å²) in [7, 11) is -3.43. The fraction of sp³-hybridized carbons (Fsp3) is 0.467. The first kappa shape index (κ1) is 16.2. The van der Waals surface area contributed by atoms with Crippen molar-refractivity contribution in [1.82, 2.24) is 9.62 Å². The van der Waals surface area contributed by atoms with Crippen molar-refractivity contribution in [3.05, 3.63) is 42.5 Å². The lowest BCUT2D eigenvalue weighted by Gasteiger charge is -2.26. The molecule has 0 spiro atoms. The van der Waals surface area contributed by atoms with Crippen LogP contribution < -0.4 is 5.32 Å². The average molecular weight is 310 g/mol. The maximum absolute atomic E-state index is 12.6. The highest BCUT2D eigenvalue weighted by Gasteiger charge is 2.26. The Labute approximate surface area is 126 Å². The first-order valence-corrected chi connectivity index (χ1v) is 8.52. The number of nitrogens with zero attached hydrogens (tertiary/aromatic N) is 1. The first-order valence-electron chi connectivity index (χ1n) is 7.08. The van der Waals surface area contributed by atoms with Crippen LogP contribution in [0.5, 0.6) is 0 Å². The number of hydrogen-bond acceptors (Lipinski definition) is 4. The van der Waals surface area contributed by atoms with E-state index in [2.05, 4.69) is 11.9 Å². The van der Waals surface area contributed by atoms with Crippen molar-refractivity contribution in [3.63, 3.8) is 0 Å². The van der Waals surface area contributed by atoms with Gasteiger partial charge in [0.1, 0.15) is 0 Å². The van der Waals surface area contributed by atoms with Gasteiger partial charge in [-0.2, -0.15) is 4.31 Å². The van der Waals surface area contributed by atoms with Crippen molar-refractivity contribution in [2.24, 2.45) is 0 Å². The van der Waals surface area contributed by atoms with Crippen LogP contribution in [0.25, 0.3) is 0 Å². The molecule has 2 rings (SSSR count). The summed E-state index contributed by atoms with van der Waals surface area (Å²) < 4.78 is 31.9. The summed E-state index contributed by atoms with van der Waals surface area (Å²) in [4.78, 5) is 0.342. The lowest BCUT2D eigenvalue weighted by atomic mass is 10.1. The minimum absolute atomic E-state index is 0.0721. The van der Waals surface area contributed by atoms with Crippen LogP contribution in [0.2, 0.25) is 0 Å². The number of sulfonamides is 1.